The number of nitrogens with one attached hydrogen (secondary N) is 2. The standard InChI is InChI=1S/C18H20N4O6S3/c1-3-8-19-30(25,26)15-6-4-14(5-7-15)16(23)21-9-11-22(12-10-21)31(27,28)17-13(2)20-18(24)29-17/h1,4-7,19H,8-12H2,2H3,(H,20,24). The normalized spacial score (nSPS) is 15.5. The van der Waals surface area contributed by atoms with E-state index in [1.807, 2.05) is 0 Å². The predicted molar refractivity (Wildman–Crippen MR) is 115 cm³/mol. The molecule has 1 aromatic heterocycles. The van der Waals surface area contributed by atoms with Crippen molar-refractivity contribution in [2.75, 3.05) is 32.7 Å². The van der Waals surface area contributed by atoms with Crippen molar-refractivity contribution < 1.29 is 21.6 Å². The Morgan fingerprint density at radius 2 is 1.77 bits per heavy atom. The molecule has 1 aliphatic heterocycles. The molecule has 0 unspecified atom stereocenters. The Bertz CT molecular complexity index is 1280. The van der Waals surface area contributed by atoms with Gasteiger partial charge in [-0.25, -0.2) is 16.8 Å². The number of aromatic amines is 1. The number of amides is 1. The fourth-order valence-electron chi connectivity index (χ4n) is 3.06. The first-order valence-electron chi connectivity index (χ1n) is 9.08. The summed E-state index contributed by atoms with van der Waals surface area (Å²) in [6.45, 7) is 1.89. The summed E-state index contributed by atoms with van der Waals surface area (Å²) in [6.07, 6.45) is 5.06. The van der Waals surface area contributed by atoms with Crippen LogP contribution in [-0.4, -0.2) is 69.7 Å². The molecule has 1 aliphatic rings. The maximum Gasteiger partial charge on any atom is 0.305 e. The molecule has 1 aromatic carbocycles. The second kappa shape index (κ2) is 8.93. The molecule has 2 heterocycles. The monoisotopic (exact) mass is 484 g/mol. The van der Waals surface area contributed by atoms with Crippen molar-refractivity contribution in [3.63, 3.8) is 0 Å². The maximum atomic E-state index is 12.8. The number of thiazole rings is 1. The molecule has 1 fully saturated rings. The minimum atomic E-state index is -3.82. The van der Waals surface area contributed by atoms with Gasteiger partial charge in [0.25, 0.3) is 15.9 Å². The molecule has 1 saturated heterocycles. The fraction of sp³-hybridized carbons (Fsp3) is 0.333. The molecule has 0 aliphatic carbocycles. The van der Waals surface area contributed by atoms with Crippen molar-refractivity contribution in [3.8, 4) is 12.3 Å². The number of terminal acetylenes is 1. The molecule has 2 aromatic rings. The molecule has 1 amide bonds. The summed E-state index contributed by atoms with van der Waals surface area (Å²) in [7, 11) is -7.58. The van der Waals surface area contributed by atoms with Gasteiger partial charge in [-0.15, -0.1) is 6.42 Å². The van der Waals surface area contributed by atoms with Gasteiger partial charge in [-0.1, -0.05) is 17.3 Å². The maximum absolute atomic E-state index is 12.8. The largest absolute Gasteiger partial charge is 0.336 e. The summed E-state index contributed by atoms with van der Waals surface area (Å²) in [4.78, 5) is 27.7. The highest BCUT2D eigenvalue weighted by molar-refractivity contribution is 7.91. The second-order valence-corrected chi connectivity index (χ2v) is 11.6. The molecule has 166 valence electrons. The zero-order chi connectivity index (χ0) is 22.8. The van der Waals surface area contributed by atoms with Crippen LogP contribution in [0.3, 0.4) is 0 Å². The molecule has 0 radical (unpaired) electrons. The summed E-state index contributed by atoms with van der Waals surface area (Å²) in [5.74, 6) is 1.85. The Balaban J connectivity index is 1.67. The van der Waals surface area contributed by atoms with Gasteiger partial charge in [0, 0.05) is 37.4 Å². The summed E-state index contributed by atoms with van der Waals surface area (Å²) in [6, 6.07) is 5.42. The first-order valence-corrected chi connectivity index (χ1v) is 12.8. The van der Waals surface area contributed by atoms with E-state index >= 15 is 0 Å². The van der Waals surface area contributed by atoms with Crippen molar-refractivity contribution in [1.29, 1.82) is 0 Å². The van der Waals surface area contributed by atoms with E-state index in [1.54, 1.807) is 0 Å². The number of rotatable bonds is 6. The van der Waals surface area contributed by atoms with E-state index in [1.165, 1.54) is 40.4 Å². The minimum Gasteiger partial charge on any atom is -0.336 e. The average Bonchev–Trinajstić information content (AvgIpc) is 3.10. The summed E-state index contributed by atoms with van der Waals surface area (Å²) in [5, 5.41) is 0. The lowest BCUT2D eigenvalue weighted by Gasteiger charge is -2.33. The second-order valence-electron chi connectivity index (χ2n) is 6.68. The number of hydrogen-bond acceptors (Lipinski definition) is 7. The Labute approximate surface area is 184 Å². The van der Waals surface area contributed by atoms with Crippen LogP contribution in [-0.2, 0) is 20.0 Å². The van der Waals surface area contributed by atoms with Crippen molar-refractivity contribution in [3.05, 3.63) is 45.2 Å². The SMILES string of the molecule is C#CCNS(=O)(=O)c1ccc(C(=O)N2CCN(S(=O)(=O)c3sc(=O)[nH]c3C)CC2)cc1. The third-order valence-electron chi connectivity index (χ3n) is 4.66. The molecular formula is C18H20N4O6S3. The van der Waals surface area contributed by atoms with Crippen LogP contribution in [0, 0.1) is 19.3 Å². The van der Waals surface area contributed by atoms with E-state index in [2.05, 4.69) is 15.6 Å². The predicted octanol–water partition coefficient (Wildman–Crippen LogP) is -0.197. The molecule has 0 saturated carbocycles. The first-order chi connectivity index (χ1) is 14.6. The van der Waals surface area contributed by atoms with Crippen LogP contribution in [0.5, 0.6) is 0 Å². The lowest BCUT2D eigenvalue weighted by atomic mass is 10.2. The highest BCUT2D eigenvalue weighted by atomic mass is 32.2. The smallest absolute Gasteiger partial charge is 0.305 e. The Kier molecular flexibility index (Phi) is 6.68. The third kappa shape index (κ3) is 4.89. The number of carbonyl (C=O) groups excluding carboxylic acids is 1. The summed E-state index contributed by atoms with van der Waals surface area (Å²) < 4.78 is 53.1. The molecule has 10 nitrogen and oxygen atoms in total. The zero-order valence-electron chi connectivity index (χ0n) is 16.5. The van der Waals surface area contributed by atoms with Gasteiger partial charge in [-0.2, -0.15) is 9.03 Å². The first kappa shape index (κ1) is 23.2. The van der Waals surface area contributed by atoms with Crippen LogP contribution in [0.25, 0.3) is 0 Å². The van der Waals surface area contributed by atoms with Crippen LogP contribution >= 0.6 is 11.3 Å². The topological polar surface area (TPSA) is 137 Å². The van der Waals surface area contributed by atoms with Gasteiger partial charge >= 0.3 is 4.87 Å². The van der Waals surface area contributed by atoms with Crippen molar-refractivity contribution in [2.45, 2.75) is 16.0 Å². The average molecular weight is 485 g/mol. The molecule has 0 atom stereocenters. The number of piperazine rings is 1. The van der Waals surface area contributed by atoms with E-state index in [9.17, 15) is 26.4 Å². The quantitative estimate of drug-likeness (QED) is 0.545. The van der Waals surface area contributed by atoms with Gasteiger partial charge in [0.2, 0.25) is 10.0 Å². The van der Waals surface area contributed by atoms with Crippen LogP contribution in [0.1, 0.15) is 16.1 Å². The van der Waals surface area contributed by atoms with Crippen molar-refractivity contribution in [1.82, 2.24) is 18.9 Å². The van der Waals surface area contributed by atoms with Crippen LogP contribution < -0.4 is 9.60 Å². The summed E-state index contributed by atoms with van der Waals surface area (Å²) in [5.41, 5.74) is 0.576. The zero-order valence-corrected chi connectivity index (χ0v) is 18.9. The van der Waals surface area contributed by atoms with Crippen molar-refractivity contribution >= 4 is 37.3 Å². The van der Waals surface area contributed by atoms with E-state index in [0.717, 1.165) is 0 Å². The Morgan fingerprint density at radius 3 is 2.29 bits per heavy atom. The highest BCUT2D eigenvalue weighted by Crippen LogP contribution is 2.23. The van der Waals surface area contributed by atoms with Gasteiger partial charge in [0.15, 0.2) is 4.21 Å². The number of benzene rings is 1. The molecule has 13 heteroatoms. The lowest BCUT2D eigenvalue weighted by Crippen LogP contribution is -2.50. The lowest BCUT2D eigenvalue weighted by molar-refractivity contribution is 0.0698. The van der Waals surface area contributed by atoms with Crippen molar-refractivity contribution in [2.24, 2.45) is 0 Å². The Morgan fingerprint density at radius 1 is 1.16 bits per heavy atom. The minimum absolute atomic E-state index is 0.0175. The number of hydrogen-bond donors (Lipinski definition) is 2. The number of aromatic nitrogens is 1. The highest BCUT2D eigenvalue weighted by Gasteiger charge is 2.33. The Hall–Kier alpha value is -2.50. The number of H-pyrrole nitrogens is 1. The molecule has 2 N–H and O–H groups in total. The van der Waals surface area contributed by atoms with Gasteiger partial charge < -0.3 is 9.88 Å². The number of carbonyl (C=O) groups is 1. The fourth-order valence-corrected chi connectivity index (χ4v) is 6.86. The number of aryl methyl sites for hydroxylation is 1. The third-order valence-corrected chi connectivity index (χ3v) is 9.55. The van der Waals surface area contributed by atoms with E-state index in [0.29, 0.717) is 17.0 Å². The van der Waals surface area contributed by atoms with Gasteiger partial charge in [-0.3, -0.25) is 9.59 Å². The van der Waals surface area contributed by atoms with E-state index < -0.39 is 24.9 Å². The molecule has 31 heavy (non-hydrogen) atoms. The van der Waals surface area contributed by atoms with Gasteiger partial charge in [-0.05, 0) is 31.2 Å². The molecule has 3 rings (SSSR count). The van der Waals surface area contributed by atoms with E-state index in [4.69, 9.17) is 6.42 Å². The number of sulfonamides is 2. The molecule has 0 spiro atoms. The van der Waals surface area contributed by atoms with E-state index in [-0.39, 0.29) is 53.3 Å². The number of nitrogens with zero attached hydrogens (tertiary/aromatic N) is 2. The van der Waals surface area contributed by atoms with Gasteiger partial charge in [0.05, 0.1) is 11.4 Å². The van der Waals surface area contributed by atoms with Crippen LogP contribution in [0.2, 0.25) is 0 Å². The molecular weight excluding hydrogens is 464 g/mol. The summed E-state index contributed by atoms with van der Waals surface area (Å²) >= 11 is 0.641. The van der Waals surface area contributed by atoms with Gasteiger partial charge in [0.1, 0.15) is 0 Å². The van der Waals surface area contributed by atoms with Crippen LogP contribution in [0.15, 0.2) is 38.2 Å². The van der Waals surface area contributed by atoms with Crippen LogP contribution in [0.4, 0.5) is 0 Å². The molecule has 0 bridgehead atoms.